The fraction of sp³-hybridized carbons (Fsp3) is 0.556. The van der Waals surface area contributed by atoms with Crippen LogP contribution in [0.5, 0.6) is 0 Å². The molecule has 1 rings (SSSR count). The summed E-state index contributed by atoms with van der Waals surface area (Å²) in [6.07, 6.45) is 0. The number of rotatable bonds is 4. The van der Waals surface area contributed by atoms with E-state index in [1.807, 2.05) is 20.8 Å². The Morgan fingerprint density at radius 2 is 2.29 bits per heavy atom. The lowest BCUT2D eigenvalue weighted by Gasteiger charge is -2.17. The molecule has 0 aliphatic rings. The van der Waals surface area contributed by atoms with Gasteiger partial charge in [-0.1, -0.05) is 0 Å². The normalized spacial score (nSPS) is 13.1. The molecule has 1 heterocycles. The molecular formula is C9H15N3OS. The highest BCUT2D eigenvalue weighted by molar-refractivity contribution is 7.10. The predicted molar refractivity (Wildman–Crippen MR) is 57.1 cm³/mol. The van der Waals surface area contributed by atoms with Crippen LogP contribution < -0.4 is 11.1 Å². The molecule has 78 valence electrons. The first-order valence-electron chi connectivity index (χ1n) is 4.47. The third-order valence-corrected chi connectivity index (χ3v) is 2.83. The summed E-state index contributed by atoms with van der Waals surface area (Å²) in [5.41, 5.74) is 7.91. The van der Waals surface area contributed by atoms with Crippen LogP contribution in [-0.4, -0.2) is 16.9 Å². The number of nitrogens with one attached hydrogen (secondary N) is 1. The third kappa shape index (κ3) is 2.52. The molecule has 0 aromatic carbocycles. The van der Waals surface area contributed by atoms with Gasteiger partial charge in [0, 0.05) is 6.04 Å². The number of thiazole rings is 1. The molecule has 1 amide bonds. The minimum absolute atomic E-state index is 0.217. The molecule has 5 heteroatoms. The van der Waals surface area contributed by atoms with Gasteiger partial charge in [0.15, 0.2) is 0 Å². The highest BCUT2D eigenvalue weighted by Crippen LogP contribution is 2.21. The number of aromatic nitrogens is 1. The Morgan fingerprint density at radius 1 is 1.64 bits per heavy atom. The van der Waals surface area contributed by atoms with Crippen molar-refractivity contribution in [3.05, 3.63) is 16.1 Å². The van der Waals surface area contributed by atoms with Crippen molar-refractivity contribution in [2.24, 2.45) is 5.73 Å². The summed E-state index contributed by atoms with van der Waals surface area (Å²) in [5.74, 6) is -0.356. The van der Waals surface area contributed by atoms with Crippen LogP contribution in [0.3, 0.4) is 0 Å². The highest BCUT2D eigenvalue weighted by atomic mass is 32.1. The van der Waals surface area contributed by atoms with Gasteiger partial charge in [0.2, 0.25) is 5.91 Å². The van der Waals surface area contributed by atoms with Crippen molar-refractivity contribution < 1.29 is 4.79 Å². The summed E-state index contributed by atoms with van der Waals surface area (Å²) in [5, 5.41) is 3.12. The van der Waals surface area contributed by atoms with Crippen LogP contribution in [0.1, 0.15) is 30.5 Å². The second kappa shape index (κ2) is 4.52. The Hall–Kier alpha value is -0.940. The summed E-state index contributed by atoms with van der Waals surface area (Å²) >= 11 is 1.45. The summed E-state index contributed by atoms with van der Waals surface area (Å²) in [4.78, 5) is 16.2. The van der Waals surface area contributed by atoms with E-state index in [2.05, 4.69) is 10.3 Å². The summed E-state index contributed by atoms with van der Waals surface area (Å²) in [7, 11) is 0. The number of carbonyl (C=O) groups excluding carboxylic acids is 1. The molecule has 0 saturated carbocycles. The van der Waals surface area contributed by atoms with Gasteiger partial charge in [0.05, 0.1) is 16.1 Å². The fourth-order valence-electron chi connectivity index (χ4n) is 1.21. The van der Waals surface area contributed by atoms with Crippen molar-refractivity contribution in [3.63, 3.8) is 0 Å². The van der Waals surface area contributed by atoms with Gasteiger partial charge in [-0.25, -0.2) is 4.98 Å². The smallest absolute Gasteiger partial charge is 0.240 e. The molecule has 0 fully saturated rings. The van der Waals surface area contributed by atoms with Crippen molar-refractivity contribution in [1.29, 1.82) is 0 Å². The quantitative estimate of drug-likeness (QED) is 0.783. The van der Waals surface area contributed by atoms with Crippen molar-refractivity contribution in [2.45, 2.75) is 32.9 Å². The van der Waals surface area contributed by atoms with Gasteiger partial charge in [-0.2, -0.15) is 0 Å². The SMILES string of the molecule is Cc1ncsc1C(NC(C)C)C(N)=O. The van der Waals surface area contributed by atoms with Gasteiger partial charge < -0.3 is 5.73 Å². The first-order chi connectivity index (χ1) is 6.52. The van der Waals surface area contributed by atoms with Crippen molar-refractivity contribution in [2.75, 3.05) is 0 Å². The maximum absolute atomic E-state index is 11.2. The maximum Gasteiger partial charge on any atom is 0.240 e. The number of hydrogen-bond donors (Lipinski definition) is 2. The molecule has 1 aromatic rings. The van der Waals surface area contributed by atoms with E-state index in [0.29, 0.717) is 0 Å². The highest BCUT2D eigenvalue weighted by Gasteiger charge is 2.21. The number of carbonyl (C=O) groups is 1. The zero-order valence-electron chi connectivity index (χ0n) is 8.57. The number of amides is 1. The van der Waals surface area contributed by atoms with Crippen LogP contribution in [0, 0.1) is 6.92 Å². The van der Waals surface area contributed by atoms with Crippen molar-refractivity contribution in [1.82, 2.24) is 10.3 Å². The second-order valence-electron chi connectivity index (χ2n) is 3.46. The maximum atomic E-state index is 11.2. The molecule has 0 aliphatic carbocycles. The van der Waals surface area contributed by atoms with E-state index in [4.69, 9.17) is 5.73 Å². The molecule has 0 bridgehead atoms. The molecule has 1 unspecified atom stereocenters. The van der Waals surface area contributed by atoms with Gasteiger partial charge in [0.1, 0.15) is 6.04 Å². The Balaban J connectivity index is 2.89. The average molecular weight is 213 g/mol. The van der Waals surface area contributed by atoms with E-state index in [9.17, 15) is 4.79 Å². The summed E-state index contributed by atoms with van der Waals surface area (Å²) in [6, 6.07) is -0.198. The molecule has 4 nitrogen and oxygen atoms in total. The van der Waals surface area contributed by atoms with Gasteiger partial charge in [0.25, 0.3) is 0 Å². The average Bonchev–Trinajstić information content (AvgIpc) is 2.46. The Bertz CT molecular complexity index is 322. The molecule has 0 spiro atoms. The zero-order valence-corrected chi connectivity index (χ0v) is 9.39. The molecule has 0 radical (unpaired) electrons. The van der Waals surface area contributed by atoms with E-state index in [-0.39, 0.29) is 11.9 Å². The largest absolute Gasteiger partial charge is 0.368 e. The molecule has 0 aliphatic heterocycles. The lowest BCUT2D eigenvalue weighted by molar-refractivity contribution is -0.120. The lowest BCUT2D eigenvalue weighted by Crippen LogP contribution is -2.37. The van der Waals surface area contributed by atoms with E-state index in [0.717, 1.165) is 10.6 Å². The first kappa shape index (κ1) is 11.1. The predicted octanol–water partition coefficient (Wildman–Crippen LogP) is 0.976. The monoisotopic (exact) mass is 213 g/mol. The van der Waals surface area contributed by atoms with E-state index >= 15 is 0 Å². The van der Waals surface area contributed by atoms with Crippen LogP contribution >= 0.6 is 11.3 Å². The van der Waals surface area contributed by atoms with Crippen LogP contribution in [0.4, 0.5) is 0 Å². The van der Waals surface area contributed by atoms with Gasteiger partial charge in [-0.05, 0) is 20.8 Å². The van der Waals surface area contributed by atoms with E-state index in [1.54, 1.807) is 5.51 Å². The molecule has 14 heavy (non-hydrogen) atoms. The standard InChI is InChI=1S/C9H15N3OS/c1-5(2)12-7(9(10)13)8-6(3)11-4-14-8/h4-5,7,12H,1-3H3,(H2,10,13). The minimum Gasteiger partial charge on any atom is -0.368 e. The Kier molecular flexibility index (Phi) is 3.60. The zero-order chi connectivity index (χ0) is 10.7. The fourth-order valence-corrected chi connectivity index (χ4v) is 2.08. The molecule has 1 aromatic heterocycles. The second-order valence-corrected chi connectivity index (χ2v) is 4.35. The Labute approximate surface area is 87.5 Å². The Morgan fingerprint density at radius 3 is 2.64 bits per heavy atom. The summed E-state index contributed by atoms with van der Waals surface area (Å²) < 4.78 is 0. The minimum atomic E-state index is -0.414. The number of primary amides is 1. The van der Waals surface area contributed by atoms with Crippen LogP contribution in [0.2, 0.25) is 0 Å². The number of hydrogen-bond acceptors (Lipinski definition) is 4. The van der Waals surface area contributed by atoms with Crippen LogP contribution in [0.25, 0.3) is 0 Å². The number of nitrogens with zero attached hydrogens (tertiary/aromatic N) is 1. The molecule has 0 saturated heterocycles. The molecular weight excluding hydrogens is 198 g/mol. The van der Waals surface area contributed by atoms with Crippen molar-refractivity contribution in [3.8, 4) is 0 Å². The number of nitrogens with two attached hydrogens (primary N) is 1. The topological polar surface area (TPSA) is 68.0 Å². The van der Waals surface area contributed by atoms with Crippen LogP contribution in [0.15, 0.2) is 5.51 Å². The summed E-state index contributed by atoms with van der Waals surface area (Å²) in [6.45, 7) is 5.84. The lowest BCUT2D eigenvalue weighted by atomic mass is 10.2. The number of aryl methyl sites for hydroxylation is 1. The van der Waals surface area contributed by atoms with Crippen LogP contribution in [-0.2, 0) is 4.79 Å². The van der Waals surface area contributed by atoms with E-state index < -0.39 is 6.04 Å². The van der Waals surface area contributed by atoms with Gasteiger partial charge >= 0.3 is 0 Å². The van der Waals surface area contributed by atoms with Crippen molar-refractivity contribution >= 4 is 17.2 Å². The van der Waals surface area contributed by atoms with Gasteiger partial charge in [-0.15, -0.1) is 11.3 Å². The van der Waals surface area contributed by atoms with Gasteiger partial charge in [-0.3, -0.25) is 10.1 Å². The van der Waals surface area contributed by atoms with E-state index in [1.165, 1.54) is 11.3 Å². The molecule has 1 atom stereocenters. The molecule has 3 N–H and O–H groups in total. The third-order valence-electron chi connectivity index (χ3n) is 1.83. The first-order valence-corrected chi connectivity index (χ1v) is 5.35.